The lowest BCUT2D eigenvalue weighted by molar-refractivity contribution is 0.0890. The average Bonchev–Trinajstić information content (AvgIpc) is 3.30. The minimum absolute atomic E-state index is 0.0822. The first-order valence-electron chi connectivity index (χ1n) is 11.2. The van der Waals surface area contributed by atoms with Crippen LogP contribution in [0.15, 0.2) is 121 Å². The van der Waals surface area contributed by atoms with Crippen molar-refractivity contribution in [2.24, 2.45) is 5.92 Å². The van der Waals surface area contributed by atoms with Gasteiger partial charge in [0, 0.05) is 28.2 Å². The van der Waals surface area contributed by atoms with Crippen molar-refractivity contribution in [3.05, 3.63) is 144 Å². The fourth-order valence-electron chi connectivity index (χ4n) is 4.78. The Balaban J connectivity index is 1.65. The monoisotopic (exact) mass is 448 g/mol. The van der Waals surface area contributed by atoms with Crippen molar-refractivity contribution in [1.29, 1.82) is 0 Å². The predicted octanol–water partition coefficient (Wildman–Crippen LogP) is 7.01. The second-order valence-electron chi connectivity index (χ2n) is 8.31. The van der Waals surface area contributed by atoms with Crippen molar-refractivity contribution >= 4 is 23.3 Å². The normalized spacial score (nSPS) is 22.1. The van der Waals surface area contributed by atoms with Crippen LogP contribution in [0.3, 0.4) is 0 Å². The molecule has 0 bridgehead atoms. The van der Waals surface area contributed by atoms with Crippen molar-refractivity contribution in [2.75, 3.05) is 0 Å². The third-order valence-electron chi connectivity index (χ3n) is 6.32. The lowest BCUT2D eigenvalue weighted by atomic mass is 9.75. The highest BCUT2D eigenvalue weighted by atomic mass is 32.2. The summed E-state index contributed by atoms with van der Waals surface area (Å²) in [6.07, 6.45) is 0. The van der Waals surface area contributed by atoms with Gasteiger partial charge in [0.25, 0.3) is 0 Å². The zero-order valence-electron chi connectivity index (χ0n) is 18.1. The molecule has 1 heterocycles. The molecule has 0 spiro atoms. The molecule has 0 aromatic heterocycles. The molecular weight excluding hydrogens is 424 g/mol. The molecule has 5 rings (SSSR count). The first kappa shape index (κ1) is 21.4. The number of ketones is 2. The first-order valence-corrected chi connectivity index (χ1v) is 12.1. The predicted molar refractivity (Wildman–Crippen MR) is 135 cm³/mol. The second kappa shape index (κ2) is 9.60. The Morgan fingerprint density at radius 3 is 1.45 bits per heavy atom. The minimum Gasteiger partial charge on any atom is -0.294 e. The van der Waals surface area contributed by atoms with E-state index in [1.54, 1.807) is 11.8 Å². The van der Waals surface area contributed by atoms with Gasteiger partial charge in [-0.1, -0.05) is 121 Å². The number of Topliss-reactive ketones (excluding diaryl/α,β-unsaturated/α-hetero) is 2. The molecule has 1 aliphatic rings. The number of rotatable bonds is 6. The molecular formula is C30H24O2S. The number of benzene rings is 4. The summed E-state index contributed by atoms with van der Waals surface area (Å²) < 4.78 is 0. The standard InChI is InChI=1S/C30H24O2S/c31-27(22-15-7-2-8-16-22)26-25(21-13-5-1-6-14-21)30(28(32)23-17-9-3-10-18-23)33-29(26)24-19-11-4-12-20-24/h1-20,25-26,29-30H. The molecule has 1 saturated heterocycles. The van der Waals surface area contributed by atoms with Gasteiger partial charge in [-0.3, -0.25) is 9.59 Å². The fourth-order valence-corrected chi connectivity index (χ4v) is 6.62. The third kappa shape index (κ3) is 4.29. The molecule has 3 heteroatoms. The molecule has 0 saturated carbocycles. The molecule has 0 radical (unpaired) electrons. The Bertz CT molecular complexity index is 1220. The van der Waals surface area contributed by atoms with Crippen LogP contribution in [0.1, 0.15) is 43.0 Å². The largest absolute Gasteiger partial charge is 0.294 e. The summed E-state index contributed by atoms with van der Waals surface area (Å²) in [7, 11) is 0. The van der Waals surface area contributed by atoms with Crippen molar-refractivity contribution in [3.8, 4) is 0 Å². The molecule has 0 amide bonds. The Labute approximate surface area is 198 Å². The van der Waals surface area contributed by atoms with Gasteiger partial charge >= 0.3 is 0 Å². The van der Waals surface area contributed by atoms with Crippen molar-refractivity contribution < 1.29 is 9.59 Å². The van der Waals surface area contributed by atoms with Crippen LogP contribution in [-0.4, -0.2) is 16.8 Å². The minimum atomic E-state index is -0.349. The van der Waals surface area contributed by atoms with E-state index in [-0.39, 0.29) is 33.9 Å². The molecule has 33 heavy (non-hydrogen) atoms. The van der Waals surface area contributed by atoms with Crippen molar-refractivity contribution in [2.45, 2.75) is 16.4 Å². The Morgan fingerprint density at radius 2 is 0.939 bits per heavy atom. The van der Waals surface area contributed by atoms with Gasteiger partial charge in [-0.15, -0.1) is 11.8 Å². The highest BCUT2D eigenvalue weighted by Crippen LogP contribution is 2.58. The molecule has 4 aromatic rings. The molecule has 0 aliphatic carbocycles. The summed E-state index contributed by atoms with van der Waals surface area (Å²) in [6.45, 7) is 0. The van der Waals surface area contributed by atoms with Crippen LogP contribution in [-0.2, 0) is 0 Å². The van der Waals surface area contributed by atoms with E-state index in [9.17, 15) is 9.59 Å². The fraction of sp³-hybridized carbons (Fsp3) is 0.133. The maximum Gasteiger partial charge on any atom is 0.176 e. The van der Waals surface area contributed by atoms with E-state index in [2.05, 4.69) is 24.3 Å². The van der Waals surface area contributed by atoms with Crippen LogP contribution in [0, 0.1) is 5.92 Å². The van der Waals surface area contributed by atoms with Gasteiger partial charge in [-0.05, 0) is 11.1 Å². The Hall–Kier alpha value is -3.43. The van der Waals surface area contributed by atoms with E-state index in [1.807, 2.05) is 97.1 Å². The summed E-state index contributed by atoms with van der Waals surface area (Å²) in [5, 5.41) is -0.459. The highest BCUT2D eigenvalue weighted by molar-refractivity contribution is 8.01. The lowest BCUT2D eigenvalue weighted by Crippen LogP contribution is -2.29. The summed E-state index contributed by atoms with van der Waals surface area (Å²) in [6, 6.07) is 39.1. The summed E-state index contributed by atoms with van der Waals surface area (Å²) in [5.74, 6) is -0.394. The molecule has 4 atom stereocenters. The van der Waals surface area contributed by atoms with Crippen LogP contribution in [0.5, 0.6) is 0 Å². The van der Waals surface area contributed by atoms with Crippen LogP contribution in [0.4, 0.5) is 0 Å². The molecule has 4 unspecified atom stereocenters. The maximum absolute atomic E-state index is 14.0. The van der Waals surface area contributed by atoms with E-state index in [0.29, 0.717) is 11.1 Å². The number of carbonyl (C=O) groups is 2. The second-order valence-corrected chi connectivity index (χ2v) is 9.60. The topological polar surface area (TPSA) is 34.1 Å². The number of thioether (sulfide) groups is 1. The molecule has 4 aromatic carbocycles. The first-order chi connectivity index (χ1) is 16.2. The van der Waals surface area contributed by atoms with Gasteiger partial charge in [0.1, 0.15) is 0 Å². The van der Waals surface area contributed by atoms with Gasteiger partial charge < -0.3 is 0 Å². The molecule has 1 fully saturated rings. The lowest BCUT2D eigenvalue weighted by Gasteiger charge is -2.25. The number of carbonyl (C=O) groups excluding carboxylic acids is 2. The van der Waals surface area contributed by atoms with Crippen LogP contribution in [0.25, 0.3) is 0 Å². The number of hydrogen-bond acceptors (Lipinski definition) is 3. The Kier molecular flexibility index (Phi) is 6.23. The quantitative estimate of drug-likeness (QED) is 0.298. The molecule has 1 aliphatic heterocycles. The van der Waals surface area contributed by atoms with Gasteiger partial charge in [0.05, 0.1) is 5.25 Å². The Morgan fingerprint density at radius 1 is 0.515 bits per heavy atom. The van der Waals surface area contributed by atoms with Crippen molar-refractivity contribution in [1.82, 2.24) is 0 Å². The zero-order valence-corrected chi connectivity index (χ0v) is 18.9. The van der Waals surface area contributed by atoms with E-state index in [4.69, 9.17) is 0 Å². The third-order valence-corrected chi connectivity index (χ3v) is 7.98. The van der Waals surface area contributed by atoms with Gasteiger partial charge in [-0.2, -0.15) is 0 Å². The van der Waals surface area contributed by atoms with E-state index in [1.165, 1.54) is 0 Å². The molecule has 0 N–H and O–H groups in total. The van der Waals surface area contributed by atoms with Gasteiger partial charge in [0.15, 0.2) is 11.6 Å². The van der Waals surface area contributed by atoms with Crippen LogP contribution >= 0.6 is 11.8 Å². The average molecular weight is 449 g/mol. The van der Waals surface area contributed by atoms with Crippen LogP contribution in [0.2, 0.25) is 0 Å². The van der Waals surface area contributed by atoms with Gasteiger partial charge in [-0.25, -0.2) is 0 Å². The molecule has 162 valence electrons. The van der Waals surface area contributed by atoms with E-state index < -0.39 is 0 Å². The summed E-state index contributed by atoms with van der Waals surface area (Å²) in [4.78, 5) is 27.8. The SMILES string of the molecule is O=C(c1ccccc1)C1SC(c2ccccc2)C(C(=O)c2ccccc2)C1c1ccccc1. The smallest absolute Gasteiger partial charge is 0.176 e. The van der Waals surface area contributed by atoms with Crippen molar-refractivity contribution in [3.63, 3.8) is 0 Å². The highest BCUT2D eigenvalue weighted by Gasteiger charge is 2.51. The number of hydrogen-bond donors (Lipinski definition) is 0. The van der Waals surface area contributed by atoms with Gasteiger partial charge in [0.2, 0.25) is 0 Å². The van der Waals surface area contributed by atoms with Crippen LogP contribution < -0.4 is 0 Å². The summed E-state index contributed by atoms with van der Waals surface area (Å²) >= 11 is 1.63. The summed E-state index contributed by atoms with van der Waals surface area (Å²) in [5.41, 5.74) is 3.50. The molecule has 2 nitrogen and oxygen atoms in total. The van der Waals surface area contributed by atoms with E-state index in [0.717, 1.165) is 11.1 Å². The zero-order chi connectivity index (χ0) is 22.6. The maximum atomic E-state index is 14.0. The van der Waals surface area contributed by atoms with E-state index >= 15 is 0 Å².